The number of hydrogen-bond donors (Lipinski definition) is 1. The summed E-state index contributed by atoms with van der Waals surface area (Å²) in [6, 6.07) is 23.7. The van der Waals surface area contributed by atoms with Gasteiger partial charge in [0.15, 0.2) is 5.65 Å². The Hall–Kier alpha value is -5.55. The van der Waals surface area contributed by atoms with Crippen molar-refractivity contribution in [3.05, 3.63) is 136 Å². The zero-order chi connectivity index (χ0) is 27.6. The van der Waals surface area contributed by atoms with E-state index in [1.54, 1.807) is 40.7 Å². The fourth-order valence-electron chi connectivity index (χ4n) is 4.82. The number of amides is 1. The number of aromatic nitrogens is 5. The highest BCUT2D eigenvalue weighted by molar-refractivity contribution is 6.01. The van der Waals surface area contributed by atoms with Crippen LogP contribution in [-0.2, 0) is 0 Å². The number of carbonyl (C=O) groups excluding carboxylic acids is 1. The second kappa shape index (κ2) is 10.3. The van der Waals surface area contributed by atoms with Crippen LogP contribution in [0.25, 0.3) is 22.1 Å². The minimum absolute atomic E-state index is 0.223. The third-order valence-electron chi connectivity index (χ3n) is 6.67. The van der Waals surface area contributed by atoms with Gasteiger partial charge in [0, 0.05) is 35.5 Å². The van der Waals surface area contributed by atoms with E-state index in [2.05, 4.69) is 32.2 Å². The third kappa shape index (κ3) is 4.50. The van der Waals surface area contributed by atoms with Crippen molar-refractivity contribution in [3.63, 3.8) is 0 Å². The lowest BCUT2D eigenvalue weighted by molar-refractivity contribution is 0.0939. The summed E-state index contributed by atoms with van der Waals surface area (Å²) in [5.41, 5.74) is 3.76. The maximum Gasteiger partial charge on any atom is 0.264 e. The van der Waals surface area contributed by atoms with Crippen LogP contribution in [0.1, 0.15) is 46.0 Å². The number of benzene rings is 2. The minimum Gasteiger partial charge on any atom is -0.344 e. The van der Waals surface area contributed by atoms with Gasteiger partial charge in [-0.15, -0.1) is 0 Å². The van der Waals surface area contributed by atoms with E-state index in [4.69, 9.17) is 0 Å². The van der Waals surface area contributed by atoms with Crippen LogP contribution in [0, 0.1) is 18.8 Å². The first-order chi connectivity index (χ1) is 19.5. The van der Waals surface area contributed by atoms with Crippen LogP contribution in [0.5, 0.6) is 0 Å². The molecule has 0 radical (unpaired) electrons. The first kappa shape index (κ1) is 24.8. The Morgan fingerprint density at radius 2 is 1.73 bits per heavy atom. The SMILES string of the molecule is Cc1nn2cccnc2c1C(=O)N[C@@H](C)c1cc2cccc(C#Cc3ccccn3)c2c(=O)n1-c1ccccc1. The first-order valence-corrected chi connectivity index (χ1v) is 12.8. The molecule has 0 unspecified atom stereocenters. The lowest BCUT2D eigenvalue weighted by atomic mass is 10.0. The van der Waals surface area contributed by atoms with E-state index in [0.717, 1.165) is 5.39 Å². The molecule has 0 fully saturated rings. The average Bonchev–Trinajstić information content (AvgIpc) is 3.32. The Morgan fingerprint density at radius 1 is 0.925 bits per heavy atom. The van der Waals surface area contributed by atoms with Crippen molar-refractivity contribution in [2.45, 2.75) is 19.9 Å². The summed E-state index contributed by atoms with van der Waals surface area (Å²) in [5.74, 6) is 5.87. The van der Waals surface area contributed by atoms with Crippen molar-refractivity contribution in [2.24, 2.45) is 0 Å². The third-order valence-corrected chi connectivity index (χ3v) is 6.67. The monoisotopic (exact) mass is 524 g/mol. The maximum absolute atomic E-state index is 14.2. The van der Waals surface area contributed by atoms with Crippen LogP contribution in [0.4, 0.5) is 0 Å². The molecule has 194 valence electrons. The second-order valence-corrected chi connectivity index (χ2v) is 9.32. The average molecular weight is 525 g/mol. The van der Waals surface area contributed by atoms with Crippen LogP contribution in [0.15, 0.2) is 102 Å². The highest BCUT2D eigenvalue weighted by atomic mass is 16.2. The molecule has 6 rings (SSSR count). The summed E-state index contributed by atoms with van der Waals surface area (Å²) in [6.07, 6.45) is 5.06. The summed E-state index contributed by atoms with van der Waals surface area (Å²) < 4.78 is 3.22. The Morgan fingerprint density at radius 3 is 2.52 bits per heavy atom. The maximum atomic E-state index is 14.2. The molecule has 6 aromatic rings. The van der Waals surface area contributed by atoms with Crippen LogP contribution in [0.2, 0.25) is 0 Å². The minimum atomic E-state index is -0.522. The molecule has 1 N–H and O–H groups in total. The van der Waals surface area contributed by atoms with Gasteiger partial charge in [0.2, 0.25) is 0 Å². The predicted octanol–water partition coefficient (Wildman–Crippen LogP) is 4.63. The van der Waals surface area contributed by atoms with Crippen LogP contribution >= 0.6 is 0 Å². The fourth-order valence-corrected chi connectivity index (χ4v) is 4.82. The highest BCUT2D eigenvalue weighted by Crippen LogP contribution is 2.24. The van der Waals surface area contributed by atoms with Crippen molar-refractivity contribution in [3.8, 4) is 17.5 Å². The zero-order valence-corrected chi connectivity index (χ0v) is 21.9. The topological polar surface area (TPSA) is 94.2 Å². The molecule has 1 amide bonds. The molecule has 1 atom stereocenters. The Balaban J connectivity index is 1.48. The molecule has 0 spiro atoms. The second-order valence-electron chi connectivity index (χ2n) is 9.32. The smallest absolute Gasteiger partial charge is 0.264 e. The van der Waals surface area contributed by atoms with Gasteiger partial charge in [-0.3, -0.25) is 14.2 Å². The number of fused-ring (bicyclic) bond motifs is 2. The molecule has 0 saturated carbocycles. The largest absolute Gasteiger partial charge is 0.344 e. The standard InChI is InChI=1S/C32H24N6O2/c1-21(35-31(39)28-22(2)36-37-19-9-18-34-30(28)37)27-20-24-11-8-10-23(15-16-25-12-6-7-17-33-25)29(24)32(40)38(27)26-13-4-3-5-14-26/h3-14,17-21H,1-2H3,(H,35,39)/t21-/m0/s1. The van der Waals surface area contributed by atoms with E-state index in [1.165, 1.54) is 0 Å². The Labute approximate surface area is 230 Å². The van der Waals surface area contributed by atoms with E-state index in [-0.39, 0.29) is 11.5 Å². The Bertz CT molecular complexity index is 2000. The molecule has 40 heavy (non-hydrogen) atoms. The summed E-state index contributed by atoms with van der Waals surface area (Å²) >= 11 is 0. The van der Waals surface area contributed by atoms with Gasteiger partial charge in [-0.2, -0.15) is 5.10 Å². The van der Waals surface area contributed by atoms with Gasteiger partial charge in [0.05, 0.1) is 17.1 Å². The molecule has 4 aromatic heterocycles. The van der Waals surface area contributed by atoms with Gasteiger partial charge in [0.1, 0.15) is 11.3 Å². The van der Waals surface area contributed by atoms with Crippen molar-refractivity contribution in [1.82, 2.24) is 29.5 Å². The number of nitrogens with one attached hydrogen (secondary N) is 1. The first-order valence-electron chi connectivity index (χ1n) is 12.8. The Kier molecular flexibility index (Phi) is 6.38. The molecule has 0 aliphatic rings. The van der Waals surface area contributed by atoms with Crippen molar-refractivity contribution in [2.75, 3.05) is 0 Å². The molecular weight excluding hydrogens is 500 g/mol. The van der Waals surface area contributed by atoms with Crippen LogP contribution < -0.4 is 10.9 Å². The van der Waals surface area contributed by atoms with Gasteiger partial charge >= 0.3 is 0 Å². The molecule has 0 aliphatic heterocycles. The van der Waals surface area contributed by atoms with E-state index in [0.29, 0.717) is 44.9 Å². The number of hydrogen-bond acceptors (Lipinski definition) is 5. The van der Waals surface area contributed by atoms with Crippen molar-refractivity contribution >= 4 is 22.3 Å². The lowest BCUT2D eigenvalue weighted by Crippen LogP contribution is -2.32. The number of pyridine rings is 2. The number of para-hydroxylation sites is 1. The lowest BCUT2D eigenvalue weighted by Gasteiger charge is -2.21. The summed E-state index contributed by atoms with van der Waals surface area (Å²) in [4.78, 5) is 36.3. The molecule has 8 nitrogen and oxygen atoms in total. The number of rotatable bonds is 4. The molecule has 0 aliphatic carbocycles. The van der Waals surface area contributed by atoms with E-state index in [9.17, 15) is 9.59 Å². The predicted molar refractivity (Wildman–Crippen MR) is 153 cm³/mol. The molecule has 0 bridgehead atoms. The quantitative estimate of drug-likeness (QED) is 0.340. The van der Waals surface area contributed by atoms with Crippen molar-refractivity contribution in [1.29, 1.82) is 0 Å². The van der Waals surface area contributed by atoms with E-state index >= 15 is 0 Å². The molecule has 4 heterocycles. The van der Waals surface area contributed by atoms with Gasteiger partial charge in [-0.25, -0.2) is 14.5 Å². The van der Waals surface area contributed by atoms with Gasteiger partial charge in [-0.1, -0.05) is 42.3 Å². The fraction of sp³-hybridized carbons (Fsp3) is 0.0938. The van der Waals surface area contributed by atoms with Crippen LogP contribution in [-0.4, -0.2) is 30.1 Å². The molecule has 0 saturated heterocycles. The van der Waals surface area contributed by atoms with Crippen molar-refractivity contribution < 1.29 is 4.79 Å². The molecule has 2 aromatic carbocycles. The van der Waals surface area contributed by atoms with Crippen LogP contribution in [0.3, 0.4) is 0 Å². The number of carbonyl (C=O) groups is 1. The van der Waals surface area contributed by atoms with E-state index in [1.807, 2.05) is 79.7 Å². The van der Waals surface area contributed by atoms with E-state index < -0.39 is 6.04 Å². The summed E-state index contributed by atoms with van der Waals surface area (Å²) in [7, 11) is 0. The highest BCUT2D eigenvalue weighted by Gasteiger charge is 2.23. The van der Waals surface area contributed by atoms with Gasteiger partial charge in [0.25, 0.3) is 11.5 Å². The molecule has 8 heteroatoms. The van der Waals surface area contributed by atoms with Gasteiger partial charge < -0.3 is 5.32 Å². The normalized spacial score (nSPS) is 11.7. The summed E-state index contributed by atoms with van der Waals surface area (Å²) in [6.45, 7) is 3.63. The van der Waals surface area contributed by atoms with Gasteiger partial charge in [-0.05, 0) is 67.6 Å². The number of nitrogens with zero attached hydrogens (tertiary/aromatic N) is 5. The zero-order valence-electron chi connectivity index (χ0n) is 21.9. The number of aryl methyl sites for hydroxylation is 1. The summed E-state index contributed by atoms with van der Waals surface area (Å²) in [5, 5.41) is 8.70. The molecular formula is C32H24N6O2.